The topological polar surface area (TPSA) is 42.0 Å². The van der Waals surface area contributed by atoms with E-state index in [0.29, 0.717) is 16.9 Å². The zero-order valence-electron chi connectivity index (χ0n) is 11.7. The SMILES string of the molecule is C[C@H]1CC(C)(C)CC[C@H]1NC(=O)c1ccnc(F)c1. The van der Waals surface area contributed by atoms with Crippen LogP contribution in [0.5, 0.6) is 0 Å². The molecule has 0 radical (unpaired) electrons. The van der Waals surface area contributed by atoms with Gasteiger partial charge in [-0.05, 0) is 36.7 Å². The Labute approximate surface area is 113 Å². The lowest BCUT2D eigenvalue weighted by Crippen LogP contribution is -2.44. The molecule has 4 heteroatoms. The van der Waals surface area contributed by atoms with Gasteiger partial charge in [-0.15, -0.1) is 0 Å². The first-order valence-electron chi connectivity index (χ1n) is 6.80. The number of aromatic nitrogens is 1. The maximum atomic E-state index is 13.0. The summed E-state index contributed by atoms with van der Waals surface area (Å²) in [6, 6.07) is 2.89. The predicted molar refractivity (Wildman–Crippen MR) is 72.2 cm³/mol. The van der Waals surface area contributed by atoms with Crippen LogP contribution in [-0.4, -0.2) is 16.9 Å². The number of rotatable bonds is 2. The van der Waals surface area contributed by atoms with Crippen molar-refractivity contribution < 1.29 is 9.18 Å². The number of carbonyl (C=O) groups excluding carboxylic acids is 1. The van der Waals surface area contributed by atoms with E-state index in [-0.39, 0.29) is 11.9 Å². The van der Waals surface area contributed by atoms with Crippen LogP contribution in [0.4, 0.5) is 4.39 Å². The van der Waals surface area contributed by atoms with Crippen molar-refractivity contribution in [3.8, 4) is 0 Å². The average molecular weight is 264 g/mol. The molecule has 2 atom stereocenters. The third-order valence-electron chi connectivity index (χ3n) is 4.00. The lowest BCUT2D eigenvalue weighted by Gasteiger charge is -2.39. The number of nitrogens with zero attached hydrogens (tertiary/aromatic N) is 1. The van der Waals surface area contributed by atoms with Crippen molar-refractivity contribution in [2.75, 3.05) is 0 Å². The van der Waals surface area contributed by atoms with Crippen molar-refractivity contribution in [2.45, 2.75) is 46.1 Å². The molecule has 1 heterocycles. The first kappa shape index (κ1) is 14.0. The molecule has 104 valence electrons. The summed E-state index contributed by atoms with van der Waals surface area (Å²) in [5.74, 6) is -0.386. The van der Waals surface area contributed by atoms with Gasteiger partial charge >= 0.3 is 0 Å². The molecule has 0 unspecified atom stereocenters. The van der Waals surface area contributed by atoms with Gasteiger partial charge in [0.2, 0.25) is 5.95 Å². The smallest absolute Gasteiger partial charge is 0.251 e. The van der Waals surface area contributed by atoms with Crippen LogP contribution in [0.2, 0.25) is 0 Å². The largest absolute Gasteiger partial charge is 0.349 e. The van der Waals surface area contributed by atoms with Gasteiger partial charge in [0.15, 0.2) is 0 Å². The molecule has 1 aromatic heterocycles. The van der Waals surface area contributed by atoms with Crippen molar-refractivity contribution in [1.29, 1.82) is 0 Å². The summed E-state index contributed by atoms with van der Waals surface area (Å²) in [5.41, 5.74) is 0.688. The molecule has 1 fully saturated rings. The number of amides is 1. The molecule has 1 saturated carbocycles. The molecule has 1 aliphatic rings. The molecule has 1 aromatic rings. The van der Waals surface area contributed by atoms with E-state index in [1.54, 1.807) is 0 Å². The van der Waals surface area contributed by atoms with Crippen LogP contribution < -0.4 is 5.32 Å². The van der Waals surface area contributed by atoms with Crippen molar-refractivity contribution in [2.24, 2.45) is 11.3 Å². The minimum absolute atomic E-state index is 0.178. The normalized spacial score (nSPS) is 25.9. The van der Waals surface area contributed by atoms with E-state index in [1.165, 1.54) is 18.3 Å². The van der Waals surface area contributed by atoms with Crippen LogP contribution in [-0.2, 0) is 0 Å². The predicted octanol–water partition coefficient (Wildman–Crippen LogP) is 3.17. The Bertz CT molecular complexity index is 473. The summed E-state index contributed by atoms with van der Waals surface area (Å²) in [6.45, 7) is 6.69. The third kappa shape index (κ3) is 3.52. The minimum Gasteiger partial charge on any atom is -0.349 e. The molecule has 19 heavy (non-hydrogen) atoms. The van der Waals surface area contributed by atoms with Crippen LogP contribution in [0.3, 0.4) is 0 Å². The van der Waals surface area contributed by atoms with Gasteiger partial charge in [0, 0.05) is 23.9 Å². The molecule has 3 nitrogen and oxygen atoms in total. The fourth-order valence-electron chi connectivity index (χ4n) is 2.96. The van der Waals surface area contributed by atoms with E-state index < -0.39 is 5.95 Å². The number of pyridine rings is 1. The summed E-state index contributed by atoms with van der Waals surface area (Å²) in [6.07, 6.45) is 4.50. The molecule has 0 bridgehead atoms. The highest BCUT2D eigenvalue weighted by Gasteiger charge is 2.33. The lowest BCUT2D eigenvalue weighted by atomic mass is 9.70. The summed E-state index contributed by atoms with van der Waals surface area (Å²) < 4.78 is 13.0. The summed E-state index contributed by atoms with van der Waals surface area (Å²) in [5, 5.41) is 3.02. The zero-order chi connectivity index (χ0) is 14.0. The van der Waals surface area contributed by atoms with E-state index >= 15 is 0 Å². The summed E-state index contributed by atoms with van der Waals surface area (Å²) in [4.78, 5) is 15.5. The second kappa shape index (κ2) is 5.27. The quantitative estimate of drug-likeness (QED) is 0.834. The van der Waals surface area contributed by atoms with Crippen LogP contribution >= 0.6 is 0 Å². The standard InChI is InChI=1S/C15H21FN2O/c1-10-9-15(2,3)6-4-12(10)18-14(19)11-5-7-17-13(16)8-11/h5,7-8,10,12H,4,6,9H2,1-3H3,(H,18,19)/t10-,12+/m0/s1. The van der Waals surface area contributed by atoms with Crippen molar-refractivity contribution in [1.82, 2.24) is 10.3 Å². The Morgan fingerprint density at radius 3 is 2.89 bits per heavy atom. The molecular weight excluding hydrogens is 243 g/mol. The van der Waals surface area contributed by atoms with Gasteiger partial charge in [-0.25, -0.2) is 4.98 Å². The fraction of sp³-hybridized carbons (Fsp3) is 0.600. The third-order valence-corrected chi connectivity index (χ3v) is 4.00. The monoisotopic (exact) mass is 264 g/mol. The van der Waals surface area contributed by atoms with E-state index in [2.05, 4.69) is 31.1 Å². The molecule has 0 aromatic carbocycles. The maximum absolute atomic E-state index is 13.0. The van der Waals surface area contributed by atoms with E-state index in [0.717, 1.165) is 19.3 Å². The molecule has 0 aliphatic heterocycles. The van der Waals surface area contributed by atoms with E-state index in [1.807, 2.05) is 0 Å². The molecule has 1 N–H and O–H groups in total. The van der Waals surface area contributed by atoms with E-state index in [4.69, 9.17) is 0 Å². The van der Waals surface area contributed by atoms with E-state index in [9.17, 15) is 9.18 Å². The maximum Gasteiger partial charge on any atom is 0.251 e. The van der Waals surface area contributed by atoms with Crippen LogP contribution in [0.15, 0.2) is 18.3 Å². The van der Waals surface area contributed by atoms with Gasteiger partial charge < -0.3 is 5.32 Å². The first-order valence-corrected chi connectivity index (χ1v) is 6.80. The first-order chi connectivity index (χ1) is 8.87. The molecule has 2 rings (SSSR count). The molecule has 0 saturated heterocycles. The Kier molecular flexibility index (Phi) is 3.88. The van der Waals surface area contributed by atoms with Crippen LogP contribution in [0, 0.1) is 17.3 Å². The number of halogens is 1. The Hall–Kier alpha value is -1.45. The Balaban J connectivity index is 2.00. The molecule has 1 amide bonds. The van der Waals surface area contributed by atoms with Gasteiger partial charge in [0.25, 0.3) is 5.91 Å². The number of carbonyl (C=O) groups is 1. The van der Waals surface area contributed by atoms with Crippen molar-refractivity contribution in [3.63, 3.8) is 0 Å². The van der Waals surface area contributed by atoms with Gasteiger partial charge in [-0.3, -0.25) is 4.79 Å². The van der Waals surface area contributed by atoms with Gasteiger partial charge in [-0.1, -0.05) is 20.8 Å². The number of hydrogen-bond acceptors (Lipinski definition) is 2. The van der Waals surface area contributed by atoms with Crippen molar-refractivity contribution >= 4 is 5.91 Å². The molecular formula is C15H21FN2O. The highest BCUT2D eigenvalue weighted by Crippen LogP contribution is 2.38. The molecule has 0 spiro atoms. The fourth-order valence-corrected chi connectivity index (χ4v) is 2.96. The number of hydrogen-bond donors (Lipinski definition) is 1. The average Bonchev–Trinajstić information content (AvgIpc) is 2.32. The second-order valence-electron chi connectivity index (χ2n) is 6.33. The lowest BCUT2D eigenvalue weighted by molar-refractivity contribution is 0.0861. The van der Waals surface area contributed by atoms with Crippen LogP contribution in [0.1, 0.15) is 50.4 Å². The minimum atomic E-state index is -0.620. The summed E-state index contributed by atoms with van der Waals surface area (Å²) in [7, 11) is 0. The Morgan fingerprint density at radius 1 is 1.53 bits per heavy atom. The highest BCUT2D eigenvalue weighted by atomic mass is 19.1. The Morgan fingerprint density at radius 2 is 2.26 bits per heavy atom. The van der Waals surface area contributed by atoms with Crippen LogP contribution in [0.25, 0.3) is 0 Å². The van der Waals surface area contributed by atoms with Gasteiger partial charge in [-0.2, -0.15) is 4.39 Å². The van der Waals surface area contributed by atoms with Gasteiger partial charge in [0.05, 0.1) is 0 Å². The number of nitrogens with one attached hydrogen (secondary N) is 1. The zero-order valence-corrected chi connectivity index (χ0v) is 11.7. The summed E-state index contributed by atoms with van der Waals surface area (Å²) >= 11 is 0. The second-order valence-corrected chi connectivity index (χ2v) is 6.33. The highest BCUT2D eigenvalue weighted by molar-refractivity contribution is 5.94. The van der Waals surface area contributed by atoms with Crippen molar-refractivity contribution in [3.05, 3.63) is 29.8 Å². The molecule has 1 aliphatic carbocycles. The van der Waals surface area contributed by atoms with Gasteiger partial charge in [0.1, 0.15) is 0 Å².